The van der Waals surface area contributed by atoms with Gasteiger partial charge in [-0.05, 0) is 43.5 Å². The molecule has 1 atom stereocenters. The minimum Gasteiger partial charge on any atom is -0.494 e. The van der Waals surface area contributed by atoms with Gasteiger partial charge in [0.05, 0.1) is 42.8 Å². The first kappa shape index (κ1) is 20.4. The molecule has 4 aromatic rings. The van der Waals surface area contributed by atoms with Crippen molar-refractivity contribution in [2.24, 2.45) is 0 Å². The van der Waals surface area contributed by atoms with E-state index in [2.05, 4.69) is 57.9 Å². The van der Waals surface area contributed by atoms with E-state index in [4.69, 9.17) is 9.47 Å². The third-order valence-electron chi connectivity index (χ3n) is 5.38. The Balaban J connectivity index is 1.62. The Morgan fingerprint density at radius 3 is 2.60 bits per heavy atom. The number of unbranched alkanes of at least 4 members (excludes halogenated alkanes) is 1. The van der Waals surface area contributed by atoms with Crippen LogP contribution in [0, 0.1) is 0 Å². The average Bonchev–Trinajstić information content (AvgIpc) is 3.22. The Morgan fingerprint density at radius 2 is 1.80 bits per heavy atom. The zero-order chi connectivity index (χ0) is 20.8. The minimum absolute atomic E-state index is 0.146. The zero-order valence-corrected chi connectivity index (χ0v) is 17.8. The third kappa shape index (κ3) is 4.46. The Labute approximate surface area is 177 Å². The standard InChI is InChI=1S/C25H29N3O2/c1-3-5-14-30-21-12-10-19(11-13-21)15-20(17-29-4-2)28-18-27-24-16-26-23-9-7-6-8-22(23)25(24)28/h6-13,16,18,20H,3-5,14-15,17H2,1-2H3. The van der Waals surface area contributed by atoms with Gasteiger partial charge in [-0.1, -0.05) is 43.7 Å². The molecule has 2 aromatic heterocycles. The molecule has 0 amide bonds. The molecule has 0 radical (unpaired) electrons. The summed E-state index contributed by atoms with van der Waals surface area (Å²) < 4.78 is 13.9. The second kappa shape index (κ2) is 9.72. The number of fused-ring (bicyclic) bond motifs is 3. The van der Waals surface area contributed by atoms with Crippen molar-refractivity contribution in [1.82, 2.24) is 14.5 Å². The lowest BCUT2D eigenvalue weighted by molar-refractivity contribution is 0.114. The summed E-state index contributed by atoms with van der Waals surface area (Å²) in [6.45, 7) is 6.29. The molecule has 2 heterocycles. The number of pyridine rings is 1. The first-order chi connectivity index (χ1) is 14.8. The van der Waals surface area contributed by atoms with Crippen molar-refractivity contribution >= 4 is 21.9 Å². The van der Waals surface area contributed by atoms with E-state index in [-0.39, 0.29) is 6.04 Å². The monoisotopic (exact) mass is 403 g/mol. The van der Waals surface area contributed by atoms with Crippen LogP contribution >= 0.6 is 0 Å². The summed E-state index contributed by atoms with van der Waals surface area (Å²) in [5, 5.41) is 1.12. The Morgan fingerprint density at radius 1 is 0.967 bits per heavy atom. The highest BCUT2D eigenvalue weighted by atomic mass is 16.5. The lowest BCUT2D eigenvalue weighted by Crippen LogP contribution is -2.18. The molecule has 0 aliphatic carbocycles. The van der Waals surface area contributed by atoms with E-state index in [1.165, 1.54) is 5.56 Å². The van der Waals surface area contributed by atoms with Crippen LogP contribution in [0.2, 0.25) is 0 Å². The van der Waals surface area contributed by atoms with E-state index >= 15 is 0 Å². The number of hydrogen-bond donors (Lipinski definition) is 0. The summed E-state index contributed by atoms with van der Waals surface area (Å²) >= 11 is 0. The predicted molar refractivity (Wildman–Crippen MR) is 121 cm³/mol. The molecule has 0 spiro atoms. The molecule has 0 fully saturated rings. The topological polar surface area (TPSA) is 49.2 Å². The van der Waals surface area contributed by atoms with E-state index in [0.29, 0.717) is 13.2 Å². The van der Waals surface area contributed by atoms with Gasteiger partial charge in [0.25, 0.3) is 0 Å². The largest absolute Gasteiger partial charge is 0.494 e. The third-order valence-corrected chi connectivity index (χ3v) is 5.38. The van der Waals surface area contributed by atoms with Crippen LogP contribution in [0.25, 0.3) is 21.9 Å². The highest BCUT2D eigenvalue weighted by Crippen LogP contribution is 2.27. The average molecular weight is 404 g/mol. The fourth-order valence-electron chi connectivity index (χ4n) is 3.76. The lowest BCUT2D eigenvalue weighted by atomic mass is 10.1. The van der Waals surface area contributed by atoms with Gasteiger partial charge in [0.2, 0.25) is 0 Å². The van der Waals surface area contributed by atoms with E-state index in [1.807, 2.05) is 31.6 Å². The molecule has 0 bridgehead atoms. The van der Waals surface area contributed by atoms with Crippen molar-refractivity contribution in [3.8, 4) is 5.75 Å². The van der Waals surface area contributed by atoms with Gasteiger partial charge in [-0.15, -0.1) is 0 Å². The number of nitrogens with zero attached hydrogens (tertiary/aromatic N) is 3. The maximum absolute atomic E-state index is 5.85. The predicted octanol–water partition coefficient (Wildman–Crippen LogP) is 5.58. The normalized spacial score (nSPS) is 12.5. The number of para-hydroxylation sites is 1. The summed E-state index contributed by atoms with van der Waals surface area (Å²) in [6.07, 6.45) is 6.85. The minimum atomic E-state index is 0.146. The first-order valence-electron chi connectivity index (χ1n) is 10.8. The van der Waals surface area contributed by atoms with Crippen LogP contribution in [-0.2, 0) is 11.2 Å². The smallest absolute Gasteiger partial charge is 0.119 e. The molecule has 5 nitrogen and oxygen atoms in total. The molecule has 30 heavy (non-hydrogen) atoms. The molecule has 0 aliphatic rings. The molecule has 5 heteroatoms. The molecule has 1 unspecified atom stereocenters. The van der Waals surface area contributed by atoms with Crippen LogP contribution < -0.4 is 4.74 Å². The van der Waals surface area contributed by atoms with Crippen molar-refractivity contribution in [2.75, 3.05) is 19.8 Å². The van der Waals surface area contributed by atoms with Crippen LogP contribution in [0.4, 0.5) is 0 Å². The molecule has 0 N–H and O–H groups in total. The number of ether oxygens (including phenoxy) is 2. The SMILES string of the molecule is CCCCOc1ccc(CC(COCC)n2cnc3cnc4ccccc4c32)cc1. The maximum atomic E-state index is 5.85. The molecule has 0 saturated carbocycles. The molecular weight excluding hydrogens is 374 g/mol. The Kier molecular flexibility index (Phi) is 6.60. The molecule has 156 valence electrons. The highest BCUT2D eigenvalue weighted by molar-refractivity contribution is 6.02. The van der Waals surface area contributed by atoms with Crippen molar-refractivity contribution in [3.63, 3.8) is 0 Å². The van der Waals surface area contributed by atoms with Crippen LogP contribution in [0.1, 0.15) is 38.3 Å². The summed E-state index contributed by atoms with van der Waals surface area (Å²) in [7, 11) is 0. The van der Waals surface area contributed by atoms with Gasteiger partial charge in [0, 0.05) is 12.0 Å². The van der Waals surface area contributed by atoms with Gasteiger partial charge in [-0.2, -0.15) is 0 Å². The van der Waals surface area contributed by atoms with E-state index in [0.717, 1.165) is 53.6 Å². The van der Waals surface area contributed by atoms with Crippen LogP contribution in [0.5, 0.6) is 5.75 Å². The molecule has 2 aromatic carbocycles. The van der Waals surface area contributed by atoms with Crippen molar-refractivity contribution in [3.05, 3.63) is 66.6 Å². The molecule has 0 saturated heterocycles. The number of benzene rings is 2. The summed E-state index contributed by atoms with van der Waals surface area (Å²) in [6, 6.07) is 16.8. The summed E-state index contributed by atoms with van der Waals surface area (Å²) in [5.41, 5.74) is 4.26. The van der Waals surface area contributed by atoms with E-state index in [1.54, 1.807) is 0 Å². The maximum Gasteiger partial charge on any atom is 0.119 e. The molecule has 4 rings (SSSR count). The lowest BCUT2D eigenvalue weighted by Gasteiger charge is -2.20. The highest BCUT2D eigenvalue weighted by Gasteiger charge is 2.17. The van der Waals surface area contributed by atoms with Gasteiger partial charge in [0.15, 0.2) is 0 Å². The number of aromatic nitrogens is 3. The van der Waals surface area contributed by atoms with Gasteiger partial charge < -0.3 is 14.0 Å². The van der Waals surface area contributed by atoms with Gasteiger partial charge >= 0.3 is 0 Å². The molecule has 0 aliphatic heterocycles. The summed E-state index contributed by atoms with van der Waals surface area (Å²) in [4.78, 5) is 9.17. The number of imidazole rings is 1. The van der Waals surface area contributed by atoms with Crippen molar-refractivity contribution in [2.45, 2.75) is 39.2 Å². The zero-order valence-electron chi connectivity index (χ0n) is 17.8. The van der Waals surface area contributed by atoms with Crippen LogP contribution in [0.3, 0.4) is 0 Å². The Hall–Kier alpha value is -2.92. The van der Waals surface area contributed by atoms with Gasteiger partial charge in [0.1, 0.15) is 11.3 Å². The molecular formula is C25H29N3O2. The second-order valence-electron chi connectivity index (χ2n) is 7.52. The quantitative estimate of drug-likeness (QED) is 0.324. The second-order valence-corrected chi connectivity index (χ2v) is 7.52. The fraction of sp³-hybridized carbons (Fsp3) is 0.360. The number of rotatable bonds is 10. The van der Waals surface area contributed by atoms with Crippen molar-refractivity contribution < 1.29 is 9.47 Å². The summed E-state index contributed by atoms with van der Waals surface area (Å²) in [5.74, 6) is 0.929. The van der Waals surface area contributed by atoms with E-state index in [9.17, 15) is 0 Å². The van der Waals surface area contributed by atoms with Crippen LogP contribution in [-0.4, -0.2) is 34.4 Å². The van der Waals surface area contributed by atoms with Gasteiger partial charge in [-0.3, -0.25) is 4.98 Å². The van der Waals surface area contributed by atoms with Crippen LogP contribution in [0.15, 0.2) is 61.1 Å². The van der Waals surface area contributed by atoms with Gasteiger partial charge in [-0.25, -0.2) is 4.98 Å². The van der Waals surface area contributed by atoms with Crippen molar-refractivity contribution in [1.29, 1.82) is 0 Å². The Bertz CT molecular complexity index is 1090. The number of hydrogen-bond acceptors (Lipinski definition) is 4. The fourth-order valence-corrected chi connectivity index (χ4v) is 3.76. The van der Waals surface area contributed by atoms with E-state index < -0.39 is 0 Å². The first-order valence-corrected chi connectivity index (χ1v) is 10.8.